The molecule has 0 saturated heterocycles. The number of carbonyl (C=O) groups is 1. The Balaban J connectivity index is 1.88. The zero-order valence-electron chi connectivity index (χ0n) is 17.2. The van der Waals surface area contributed by atoms with Gasteiger partial charge in [-0.3, -0.25) is 0 Å². The number of halogens is 9. The summed E-state index contributed by atoms with van der Waals surface area (Å²) in [5.41, 5.74) is 0. The summed E-state index contributed by atoms with van der Waals surface area (Å²) in [6.07, 6.45) is -7.04. The summed E-state index contributed by atoms with van der Waals surface area (Å²) in [5, 5.41) is 0. The van der Waals surface area contributed by atoms with Crippen LogP contribution < -0.4 is 4.74 Å². The highest BCUT2D eigenvalue weighted by atomic mass is 32.2. The van der Waals surface area contributed by atoms with Crippen LogP contribution in [-0.4, -0.2) is 29.9 Å². The van der Waals surface area contributed by atoms with Crippen molar-refractivity contribution in [1.82, 2.24) is 0 Å². The van der Waals surface area contributed by atoms with E-state index in [4.69, 9.17) is 0 Å². The lowest BCUT2D eigenvalue weighted by molar-refractivity contribution is -0.390. The largest absolute Gasteiger partial charge is 0.460 e. The van der Waals surface area contributed by atoms with Crippen LogP contribution in [0.3, 0.4) is 0 Å². The number of ether oxygens (including phenoxy) is 1. The second-order valence-corrected chi connectivity index (χ2v) is 9.04. The highest BCUT2D eigenvalue weighted by Crippen LogP contribution is 2.53. The lowest BCUT2D eigenvalue weighted by Crippen LogP contribution is -2.64. The van der Waals surface area contributed by atoms with Gasteiger partial charge in [-0.2, -0.15) is 39.5 Å². The summed E-state index contributed by atoms with van der Waals surface area (Å²) in [5.74, 6) is -24.8. The van der Waals surface area contributed by atoms with Gasteiger partial charge in [0.2, 0.25) is 0 Å². The predicted octanol–water partition coefficient (Wildman–Crippen LogP) is 7.16. The van der Waals surface area contributed by atoms with Crippen molar-refractivity contribution in [2.24, 2.45) is 0 Å². The molecule has 0 aromatic heterocycles. The van der Waals surface area contributed by atoms with Crippen molar-refractivity contribution in [3.05, 3.63) is 84.9 Å². The molecule has 3 aromatic rings. The third-order valence-electron chi connectivity index (χ3n) is 4.63. The van der Waals surface area contributed by atoms with E-state index in [1.807, 2.05) is 24.3 Å². The average molecular weight is 525 g/mol. The topological polar surface area (TPSA) is 26.3 Å². The number of esters is 1. The number of rotatable bonds is 7. The van der Waals surface area contributed by atoms with E-state index in [1.54, 1.807) is 36.4 Å². The van der Waals surface area contributed by atoms with E-state index in [0.29, 0.717) is 4.90 Å². The van der Waals surface area contributed by atoms with Crippen LogP contribution in [-0.2, 0) is 15.7 Å². The minimum Gasteiger partial charge on any atom is -0.422 e. The van der Waals surface area contributed by atoms with Gasteiger partial charge in [0.15, 0.2) is 14.7 Å². The molecule has 0 aliphatic rings. The maximum absolute atomic E-state index is 13.8. The molecule has 0 unspecified atom stereocenters. The van der Waals surface area contributed by atoms with Crippen LogP contribution in [0.1, 0.15) is 0 Å². The van der Waals surface area contributed by atoms with Crippen LogP contribution in [0.4, 0.5) is 39.5 Å². The Kier molecular flexibility index (Phi) is 7.16. The molecule has 0 bridgehead atoms. The van der Waals surface area contributed by atoms with Gasteiger partial charge in [-0.15, -0.1) is 0 Å². The molecule has 0 spiro atoms. The van der Waals surface area contributed by atoms with Crippen LogP contribution in [0.5, 0.6) is 5.75 Å². The Morgan fingerprint density at radius 1 is 0.571 bits per heavy atom. The molecular formula is C23H14F9O2S+. The molecule has 0 atom stereocenters. The van der Waals surface area contributed by atoms with E-state index in [0.717, 1.165) is 21.9 Å². The quantitative estimate of drug-likeness (QED) is 0.142. The molecule has 35 heavy (non-hydrogen) atoms. The predicted molar refractivity (Wildman–Crippen MR) is 108 cm³/mol. The average Bonchev–Trinajstić information content (AvgIpc) is 2.81. The van der Waals surface area contributed by atoms with Gasteiger partial charge in [-0.05, 0) is 48.5 Å². The van der Waals surface area contributed by atoms with Crippen LogP contribution in [0.15, 0.2) is 99.6 Å². The van der Waals surface area contributed by atoms with Crippen LogP contribution in [0.25, 0.3) is 0 Å². The first-order valence-corrected chi connectivity index (χ1v) is 10.8. The van der Waals surface area contributed by atoms with E-state index in [1.165, 1.54) is 12.1 Å². The van der Waals surface area contributed by atoms with Gasteiger partial charge in [0, 0.05) is 0 Å². The SMILES string of the molecule is O=C(Oc1ccc([S+](c2ccccc2)c2ccccc2)cc1)C(F)(F)C(F)(F)C(F)(F)C(F)(F)F. The fraction of sp³-hybridized carbons (Fsp3) is 0.174. The molecule has 0 radical (unpaired) electrons. The minimum absolute atomic E-state index is 0.586. The first-order chi connectivity index (χ1) is 16.2. The van der Waals surface area contributed by atoms with Crippen molar-refractivity contribution in [3.8, 4) is 5.75 Å². The molecular weight excluding hydrogens is 511 g/mol. The molecule has 0 heterocycles. The highest BCUT2D eigenvalue weighted by molar-refractivity contribution is 7.97. The molecule has 3 aromatic carbocycles. The van der Waals surface area contributed by atoms with E-state index in [-0.39, 0.29) is 0 Å². The molecule has 0 amide bonds. The normalized spacial score (nSPS) is 13.1. The lowest BCUT2D eigenvalue weighted by atomic mass is 10.0. The van der Waals surface area contributed by atoms with E-state index in [2.05, 4.69) is 4.74 Å². The van der Waals surface area contributed by atoms with E-state index < -0.39 is 46.6 Å². The number of hydrogen-bond donors (Lipinski definition) is 0. The third-order valence-corrected chi connectivity index (χ3v) is 6.86. The van der Waals surface area contributed by atoms with Gasteiger partial charge in [-0.25, -0.2) is 4.79 Å². The van der Waals surface area contributed by atoms with E-state index >= 15 is 0 Å². The molecule has 0 N–H and O–H groups in total. The van der Waals surface area contributed by atoms with Gasteiger partial charge in [-0.1, -0.05) is 36.4 Å². The van der Waals surface area contributed by atoms with Crippen molar-refractivity contribution in [1.29, 1.82) is 0 Å². The summed E-state index contributed by atoms with van der Waals surface area (Å²) in [4.78, 5) is 13.9. The van der Waals surface area contributed by atoms with Crippen LogP contribution >= 0.6 is 0 Å². The van der Waals surface area contributed by atoms with Gasteiger partial charge in [0.25, 0.3) is 0 Å². The first-order valence-electron chi connectivity index (χ1n) is 9.57. The lowest BCUT2D eigenvalue weighted by Gasteiger charge is -2.32. The summed E-state index contributed by atoms with van der Waals surface area (Å²) < 4.78 is 121. The summed E-state index contributed by atoms with van der Waals surface area (Å²) >= 11 is 0. The summed E-state index contributed by atoms with van der Waals surface area (Å²) in [6, 6.07) is 22.6. The molecule has 0 aliphatic heterocycles. The molecule has 186 valence electrons. The molecule has 0 saturated carbocycles. The smallest absolute Gasteiger partial charge is 0.422 e. The summed E-state index contributed by atoms with van der Waals surface area (Å²) in [7, 11) is -0.721. The fourth-order valence-electron chi connectivity index (χ4n) is 2.84. The zero-order valence-corrected chi connectivity index (χ0v) is 18.0. The molecule has 0 aliphatic carbocycles. The van der Waals surface area contributed by atoms with Gasteiger partial charge >= 0.3 is 29.9 Å². The maximum atomic E-state index is 13.8. The Bertz CT molecular complexity index is 1110. The maximum Gasteiger partial charge on any atom is 0.460 e. The van der Waals surface area contributed by atoms with Crippen LogP contribution in [0.2, 0.25) is 0 Å². The second-order valence-electron chi connectivity index (χ2n) is 7.01. The molecule has 2 nitrogen and oxygen atoms in total. The number of benzene rings is 3. The Labute approximate surface area is 195 Å². The second kappa shape index (κ2) is 9.48. The van der Waals surface area contributed by atoms with Crippen molar-refractivity contribution < 1.29 is 49.0 Å². The van der Waals surface area contributed by atoms with Crippen molar-refractivity contribution in [2.75, 3.05) is 0 Å². The first kappa shape index (κ1) is 26.5. The summed E-state index contributed by atoms with van der Waals surface area (Å²) in [6.45, 7) is 0. The highest BCUT2D eigenvalue weighted by Gasteiger charge is 2.84. The van der Waals surface area contributed by atoms with Crippen molar-refractivity contribution in [2.45, 2.75) is 38.6 Å². The van der Waals surface area contributed by atoms with E-state index in [9.17, 15) is 44.3 Å². The van der Waals surface area contributed by atoms with Gasteiger partial charge < -0.3 is 4.74 Å². The van der Waals surface area contributed by atoms with Crippen molar-refractivity contribution >= 4 is 16.9 Å². The molecule has 0 fully saturated rings. The fourth-order valence-corrected chi connectivity index (χ4v) is 4.92. The van der Waals surface area contributed by atoms with Gasteiger partial charge in [0.1, 0.15) is 5.75 Å². The number of carbonyl (C=O) groups excluding carboxylic acids is 1. The zero-order chi connectivity index (χ0) is 26.1. The monoisotopic (exact) mass is 525 g/mol. The third kappa shape index (κ3) is 4.97. The van der Waals surface area contributed by atoms with Crippen LogP contribution in [0, 0.1) is 0 Å². The molecule has 3 rings (SSSR count). The van der Waals surface area contributed by atoms with Gasteiger partial charge in [0.05, 0.1) is 10.9 Å². The standard InChI is InChI=1S/C23H14F9O2S/c24-20(25,21(26,27)22(28,29)23(30,31)32)19(33)34-15-11-13-18(14-12-15)35(16-7-3-1-4-8-16)17-9-5-2-6-10-17/h1-14H/q+1. The Morgan fingerprint density at radius 2 is 0.971 bits per heavy atom. The number of alkyl halides is 9. The van der Waals surface area contributed by atoms with Crippen molar-refractivity contribution in [3.63, 3.8) is 0 Å². The number of hydrogen-bond acceptors (Lipinski definition) is 2. The minimum atomic E-state index is -7.19. The Morgan fingerprint density at radius 3 is 1.37 bits per heavy atom. The molecule has 12 heteroatoms. The Hall–Kier alpha value is -3.15.